The van der Waals surface area contributed by atoms with Gasteiger partial charge in [0.25, 0.3) is 0 Å². The highest BCUT2D eigenvalue weighted by molar-refractivity contribution is 9.10. The second kappa shape index (κ2) is 9.87. The highest BCUT2D eigenvalue weighted by atomic mass is 79.9. The van der Waals surface area contributed by atoms with Gasteiger partial charge in [0, 0.05) is 24.8 Å². The summed E-state index contributed by atoms with van der Waals surface area (Å²) in [6.45, 7) is 1.52. The van der Waals surface area contributed by atoms with Crippen molar-refractivity contribution < 1.29 is 13.9 Å². The molecular weight excluding hydrogens is 447 g/mol. The van der Waals surface area contributed by atoms with Gasteiger partial charge in [0.05, 0.1) is 22.3 Å². The molecule has 0 spiro atoms. The maximum absolute atomic E-state index is 13.2. The lowest BCUT2D eigenvalue weighted by Gasteiger charge is -2.15. The average Bonchev–Trinajstić information content (AvgIpc) is 2.69. The molecule has 0 unspecified atom stereocenters. The first-order valence-corrected chi connectivity index (χ1v) is 9.77. The molecule has 1 heterocycles. The largest absolute Gasteiger partial charge is 0.493 e. The lowest BCUT2D eigenvalue weighted by atomic mass is 10.2. The van der Waals surface area contributed by atoms with Crippen LogP contribution in [0.4, 0.5) is 4.39 Å². The van der Waals surface area contributed by atoms with Gasteiger partial charge in [-0.25, -0.2) is 4.39 Å². The molecule has 28 heavy (non-hydrogen) atoms. The molecule has 1 N–H and O–H groups in total. The molecule has 7 heteroatoms. The molecule has 3 rings (SSSR count). The number of benzene rings is 2. The normalized spacial score (nSPS) is 10.7. The van der Waals surface area contributed by atoms with Gasteiger partial charge >= 0.3 is 0 Å². The first-order valence-electron chi connectivity index (χ1n) is 8.60. The van der Waals surface area contributed by atoms with Crippen LogP contribution in [0.15, 0.2) is 59.2 Å². The van der Waals surface area contributed by atoms with Crippen molar-refractivity contribution in [2.45, 2.75) is 19.7 Å². The minimum atomic E-state index is -0.380. The van der Waals surface area contributed by atoms with E-state index in [-0.39, 0.29) is 12.4 Å². The number of aromatic nitrogens is 1. The van der Waals surface area contributed by atoms with Gasteiger partial charge < -0.3 is 14.8 Å². The van der Waals surface area contributed by atoms with E-state index in [4.69, 9.17) is 21.1 Å². The molecule has 0 radical (unpaired) electrons. The Labute approximate surface area is 176 Å². The van der Waals surface area contributed by atoms with Crippen LogP contribution >= 0.6 is 27.5 Å². The smallest absolute Gasteiger partial charge is 0.175 e. The first-order chi connectivity index (χ1) is 13.6. The Morgan fingerprint density at radius 1 is 1.14 bits per heavy atom. The van der Waals surface area contributed by atoms with Crippen molar-refractivity contribution in [1.82, 2.24) is 10.3 Å². The van der Waals surface area contributed by atoms with Crippen LogP contribution < -0.4 is 14.8 Å². The summed E-state index contributed by atoms with van der Waals surface area (Å²) >= 11 is 9.61. The number of methoxy groups -OCH3 is 1. The van der Waals surface area contributed by atoms with Crippen LogP contribution in [0.1, 0.15) is 16.8 Å². The summed E-state index contributed by atoms with van der Waals surface area (Å²) < 4.78 is 25.3. The van der Waals surface area contributed by atoms with Crippen molar-refractivity contribution in [2.75, 3.05) is 7.11 Å². The van der Waals surface area contributed by atoms with Crippen LogP contribution in [0.25, 0.3) is 0 Å². The van der Waals surface area contributed by atoms with E-state index in [1.54, 1.807) is 19.4 Å². The standard InChI is InChI=1S/C21H19BrClFN2O2/c1-27-20-9-14(11-25-12-17-4-2-3-7-26-17)8-18(22)21(20)28-13-15-5-6-16(24)10-19(15)23/h2-10,25H,11-13H2,1H3. The number of hydrogen-bond acceptors (Lipinski definition) is 4. The maximum Gasteiger partial charge on any atom is 0.175 e. The summed E-state index contributed by atoms with van der Waals surface area (Å²) in [7, 11) is 1.59. The predicted molar refractivity (Wildman–Crippen MR) is 111 cm³/mol. The van der Waals surface area contributed by atoms with Gasteiger partial charge in [0.2, 0.25) is 0 Å². The third-order valence-corrected chi connectivity index (χ3v) is 4.98. The predicted octanol–water partition coefficient (Wildman–Crippen LogP) is 5.51. The van der Waals surface area contributed by atoms with Crippen LogP contribution in [0.2, 0.25) is 5.02 Å². The van der Waals surface area contributed by atoms with Crippen molar-refractivity contribution in [1.29, 1.82) is 0 Å². The molecule has 0 aliphatic rings. The number of rotatable bonds is 8. The molecule has 0 aliphatic heterocycles. The van der Waals surface area contributed by atoms with Crippen molar-refractivity contribution in [2.24, 2.45) is 0 Å². The van der Waals surface area contributed by atoms with E-state index in [0.29, 0.717) is 35.2 Å². The van der Waals surface area contributed by atoms with E-state index < -0.39 is 0 Å². The molecular formula is C21H19BrClFN2O2. The molecule has 0 bridgehead atoms. The van der Waals surface area contributed by atoms with Crippen LogP contribution in [0.3, 0.4) is 0 Å². The Bertz CT molecular complexity index is 941. The third kappa shape index (κ3) is 5.44. The first kappa shape index (κ1) is 20.6. The van der Waals surface area contributed by atoms with E-state index in [1.165, 1.54) is 12.1 Å². The number of halogens is 3. The highest BCUT2D eigenvalue weighted by Crippen LogP contribution is 2.37. The fourth-order valence-electron chi connectivity index (χ4n) is 2.64. The van der Waals surface area contributed by atoms with Gasteiger partial charge in [-0.05, 0) is 57.9 Å². The number of nitrogens with one attached hydrogen (secondary N) is 1. The molecule has 4 nitrogen and oxygen atoms in total. The number of pyridine rings is 1. The zero-order valence-corrected chi connectivity index (χ0v) is 17.6. The van der Waals surface area contributed by atoms with E-state index in [2.05, 4.69) is 26.2 Å². The average molecular weight is 466 g/mol. The SMILES string of the molecule is COc1cc(CNCc2ccccn2)cc(Br)c1OCc1ccc(F)cc1Cl. The third-order valence-electron chi connectivity index (χ3n) is 4.04. The molecule has 0 atom stereocenters. The minimum absolute atomic E-state index is 0.200. The fraction of sp³-hybridized carbons (Fsp3) is 0.190. The Hall–Kier alpha value is -2.15. The summed E-state index contributed by atoms with van der Waals surface area (Å²) in [5, 5.41) is 3.68. The van der Waals surface area contributed by atoms with Gasteiger partial charge in [0.15, 0.2) is 11.5 Å². The zero-order valence-electron chi connectivity index (χ0n) is 15.2. The van der Waals surface area contributed by atoms with Crippen molar-refractivity contribution >= 4 is 27.5 Å². The second-order valence-electron chi connectivity index (χ2n) is 6.06. The number of ether oxygens (including phenoxy) is 2. The summed E-state index contributed by atoms with van der Waals surface area (Å²) in [6, 6.07) is 13.9. The molecule has 146 valence electrons. The topological polar surface area (TPSA) is 43.4 Å². The van der Waals surface area contributed by atoms with Gasteiger partial charge in [-0.3, -0.25) is 4.98 Å². The Kier molecular flexibility index (Phi) is 7.25. The van der Waals surface area contributed by atoms with Crippen LogP contribution in [-0.2, 0) is 19.7 Å². The van der Waals surface area contributed by atoms with Gasteiger partial charge in [-0.15, -0.1) is 0 Å². The van der Waals surface area contributed by atoms with Crippen molar-refractivity contribution in [3.63, 3.8) is 0 Å². The Morgan fingerprint density at radius 3 is 2.71 bits per heavy atom. The summed E-state index contributed by atoms with van der Waals surface area (Å²) in [5.41, 5.74) is 2.70. The minimum Gasteiger partial charge on any atom is -0.493 e. The van der Waals surface area contributed by atoms with E-state index in [1.807, 2.05) is 30.3 Å². The van der Waals surface area contributed by atoms with Crippen LogP contribution in [0.5, 0.6) is 11.5 Å². The molecule has 0 saturated carbocycles. The Morgan fingerprint density at radius 2 is 2.00 bits per heavy atom. The summed E-state index contributed by atoms with van der Waals surface area (Å²) in [6.07, 6.45) is 1.77. The van der Waals surface area contributed by atoms with Gasteiger partial charge in [-0.2, -0.15) is 0 Å². The van der Waals surface area contributed by atoms with Gasteiger partial charge in [0.1, 0.15) is 12.4 Å². The second-order valence-corrected chi connectivity index (χ2v) is 7.32. The Balaban J connectivity index is 1.67. The van der Waals surface area contributed by atoms with Crippen LogP contribution in [-0.4, -0.2) is 12.1 Å². The summed E-state index contributed by atoms with van der Waals surface area (Å²) in [5.74, 6) is 0.786. The molecule has 1 aromatic heterocycles. The van der Waals surface area contributed by atoms with E-state index in [0.717, 1.165) is 15.7 Å². The monoisotopic (exact) mass is 464 g/mol. The van der Waals surface area contributed by atoms with Crippen molar-refractivity contribution in [3.05, 3.63) is 86.9 Å². The molecule has 2 aromatic carbocycles. The number of nitrogens with zero attached hydrogens (tertiary/aromatic N) is 1. The van der Waals surface area contributed by atoms with E-state index >= 15 is 0 Å². The molecule has 3 aromatic rings. The molecule has 0 aliphatic carbocycles. The van der Waals surface area contributed by atoms with E-state index in [9.17, 15) is 4.39 Å². The zero-order chi connectivity index (χ0) is 19.9. The van der Waals surface area contributed by atoms with Crippen LogP contribution in [0, 0.1) is 5.82 Å². The lowest BCUT2D eigenvalue weighted by molar-refractivity contribution is 0.282. The fourth-order valence-corrected chi connectivity index (χ4v) is 3.47. The van der Waals surface area contributed by atoms with Gasteiger partial charge in [-0.1, -0.05) is 23.7 Å². The molecule has 0 saturated heterocycles. The van der Waals surface area contributed by atoms with Crippen molar-refractivity contribution in [3.8, 4) is 11.5 Å². The quantitative estimate of drug-likeness (QED) is 0.476. The molecule has 0 amide bonds. The summed E-state index contributed by atoms with van der Waals surface area (Å²) in [4.78, 5) is 4.29. The lowest BCUT2D eigenvalue weighted by Crippen LogP contribution is -2.13. The maximum atomic E-state index is 13.2. The molecule has 0 fully saturated rings. The number of hydrogen-bond donors (Lipinski definition) is 1. The highest BCUT2D eigenvalue weighted by Gasteiger charge is 2.13.